The predicted octanol–water partition coefficient (Wildman–Crippen LogP) is 3.57. The van der Waals surface area contributed by atoms with Crippen LogP contribution >= 0.6 is 11.6 Å². The van der Waals surface area contributed by atoms with E-state index in [1.807, 2.05) is 0 Å². The highest BCUT2D eigenvalue weighted by molar-refractivity contribution is 6.34. The average molecular weight is 312 g/mol. The third-order valence-corrected chi connectivity index (χ3v) is 2.93. The summed E-state index contributed by atoms with van der Waals surface area (Å²) >= 11 is 5.68. The lowest BCUT2D eigenvalue weighted by Gasteiger charge is -2.08. The van der Waals surface area contributed by atoms with E-state index in [4.69, 9.17) is 16.7 Å². The van der Waals surface area contributed by atoms with Crippen molar-refractivity contribution < 1.29 is 23.5 Å². The Hall–Kier alpha value is -2.47. The van der Waals surface area contributed by atoms with E-state index in [2.05, 4.69) is 5.32 Å². The summed E-state index contributed by atoms with van der Waals surface area (Å²) in [6.07, 6.45) is 0. The second kappa shape index (κ2) is 5.88. The van der Waals surface area contributed by atoms with Gasteiger partial charge in [-0.3, -0.25) is 4.79 Å². The van der Waals surface area contributed by atoms with Crippen LogP contribution in [0.25, 0.3) is 0 Å². The van der Waals surface area contributed by atoms with Gasteiger partial charge in [-0.15, -0.1) is 0 Å². The molecule has 1 amide bonds. The van der Waals surface area contributed by atoms with Crippen molar-refractivity contribution in [3.8, 4) is 0 Å². The van der Waals surface area contributed by atoms with Crippen LogP contribution in [-0.4, -0.2) is 17.0 Å². The number of benzene rings is 2. The molecule has 0 aliphatic rings. The molecule has 0 saturated heterocycles. The molecule has 7 heteroatoms. The fraction of sp³-hybridized carbons (Fsp3) is 0. The number of hydrogen-bond donors (Lipinski definition) is 2. The van der Waals surface area contributed by atoms with Gasteiger partial charge < -0.3 is 10.4 Å². The van der Waals surface area contributed by atoms with Crippen LogP contribution in [0.4, 0.5) is 14.5 Å². The van der Waals surface area contributed by atoms with Crippen molar-refractivity contribution in [3.05, 3.63) is 64.2 Å². The largest absolute Gasteiger partial charge is 0.478 e. The fourth-order valence-corrected chi connectivity index (χ4v) is 1.86. The number of carboxylic acids is 1. The number of nitrogens with one attached hydrogen (secondary N) is 1. The molecule has 0 spiro atoms. The summed E-state index contributed by atoms with van der Waals surface area (Å²) in [5.74, 6) is -4.30. The van der Waals surface area contributed by atoms with Crippen molar-refractivity contribution in [1.82, 2.24) is 0 Å². The fourth-order valence-electron chi connectivity index (χ4n) is 1.62. The second-order valence-electron chi connectivity index (χ2n) is 4.09. The van der Waals surface area contributed by atoms with E-state index in [0.717, 1.165) is 0 Å². The molecule has 2 aromatic carbocycles. The van der Waals surface area contributed by atoms with Gasteiger partial charge >= 0.3 is 5.97 Å². The number of anilines is 1. The van der Waals surface area contributed by atoms with E-state index in [0.29, 0.717) is 12.1 Å². The number of amides is 1. The van der Waals surface area contributed by atoms with Crippen LogP contribution in [0.5, 0.6) is 0 Å². The monoisotopic (exact) mass is 311 g/mol. The van der Waals surface area contributed by atoms with E-state index in [1.54, 1.807) is 0 Å². The number of carbonyl (C=O) groups excluding carboxylic acids is 1. The number of carbonyl (C=O) groups is 2. The van der Waals surface area contributed by atoms with Gasteiger partial charge in [0.05, 0.1) is 16.1 Å². The van der Waals surface area contributed by atoms with Crippen LogP contribution in [0.3, 0.4) is 0 Å². The first kappa shape index (κ1) is 14.9. The summed E-state index contributed by atoms with van der Waals surface area (Å²) in [6, 6.07) is 6.84. The summed E-state index contributed by atoms with van der Waals surface area (Å²) < 4.78 is 26.1. The molecule has 0 heterocycles. The lowest BCUT2D eigenvalue weighted by molar-refractivity contribution is 0.0696. The van der Waals surface area contributed by atoms with E-state index >= 15 is 0 Å². The van der Waals surface area contributed by atoms with Gasteiger partial charge in [0.1, 0.15) is 0 Å². The molecule has 0 radical (unpaired) electrons. The molecule has 108 valence electrons. The van der Waals surface area contributed by atoms with Crippen molar-refractivity contribution in [2.24, 2.45) is 0 Å². The Morgan fingerprint density at radius 3 is 2.43 bits per heavy atom. The van der Waals surface area contributed by atoms with Crippen molar-refractivity contribution in [2.45, 2.75) is 0 Å². The molecule has 0 aliphatic heterocycles. The minimum Gasteiger partial charge on any atom is -0.478 e. The molecule has 2 N–H and O–H groups in total. The first-order valence-electron chi connectivity index (χ1n) is 5.67. The highest BCUT2D eigenvalue weighted by Gasteiger charge is 2.15. The van der Waals surface area contributed by atoms with Gasteiger partial charge in [-0.05, 0) is 30.3 Å². The lowest BCUT2D eigenvalue weighted by atomic mass is 10.1. The molecular weight excluding hydrogens is 304 g/mol. The number of halogens is 3. The molecule has 0 unspecified atom stereocenters. The minimum absolute atomic E-state index is 0.0239. The SMILES string of the molecule is O=C(O)c1cccc(NC(=O)c2cc(F)c(F)cc2Cl)c1. The smallest absolute Gasteiger partial charge is 0.335 e. The van der Waals surface area contributed by atoms with Crippen LogP contribution in [0.2, 0.25) is 5.02 Å². The molecule has 0 fully saturated rings. The van der Waals surface area contributed by atoms with Gasteiger partial charge in [0.15, 0.2) is 11.6 Å². The molecular formula is C14H8ClF2NO3. The Labute approximate surface area is 123 Å². The van der Waals surface area contributed by atoms with Crippen LogP contribution in [0.15, 0.2) is 36.4 Å². The van der Waals surface area contributed by atoms with Gasteiger partial charge in [-0.25, -0.2) is 13.6 Å². The van der Waals surface area contributed by atoms with Gasteiger partial charge in [-0.1, -0.05) is 17.7 Å². The number of rotatable bonds is 3. The van der Waals surface area contributed by atoms with Gasteiger partial charge in [-0.2, -0.15) is 0 Å². The Balaban J connectivity index is 2.28. The zero-order chi connectivity index (χ0) is 15.6. The predicted molar refractivity (Wildman–Crippen MR) is 72.7 cm³/mol. The minimum atomic E-state index is -1.20. The quantitative estimate of drug-likeness (QED) is 0.852. The first-order valence-corrected chi connectivity index (χ1v) is 6.05. The Bertz CT molecular complexity index is 734. The summed E-state index contributed by atoms with van der Waals surface area (Å²) in [5.41, 5.74) is -0.0822. The Kier molecular flexibility index (Phi) is 4.18. The lowest BCUT2D eigenvalue weighted by Crippen LogP contribution is -2.13. The molecule has 0 saturated carbocycles. The van der Waals surface area contributed by atoms with Gasteiger partial charge in [0, 0.05) is 5.69 Å². The molecule has 2 aromatic rings. The molecule has 21 heavy (non-hydrogen) atoms. The summed E-state index contributed by atoms with van der Waals surface area (Å²) in [4.78, 5) is 22.8. The van der Waals surface area contributed by atoms with Crippen molar-refractivity contribution in [1.29, 1.82) is 0 Å². The van der Waals surface area contributed by atoms with Crippen molar-refractivity contribution in [2.75, 3.05) is 5.32 Å². The van der Waals surface area contributed by atoms with Gasteiger partial charge in [0.25, 0.3) is 5.91 Å². The first-order chi connectivity index (χ1) is 9.88. The maximum Gasteiger partial charge on any atom is 0.335 e. The molecule has 2 rings (SSSR count). The van der Waals surface area contributed by atoms with E-state index in [-0.39, 0.29) is 21.8 Å². The van der Waals surface area contributed by atoms with E-state index in [1.165, 1.54) is 24.3 Å². The van der Waals surface area contributed by atoms with E-state index in [9.17, 15) is 18.4 Å². The Morgan fingerprint density at radius 2 is 1.76 bits per heavy atom. The van der Waals surface area contributed by atoms with Crippen LogP contribution in [0.1, 0.15) is 20.7 Å². The van der Waals surface area contributed by atoms with Crippen LogP contribution < -0.4 is 5.32 Å². The van der Waals surface area contributed by atoms with Crippen molar-refractivity contribution >= 4 is 29.2 Å². The highest BCUT2D eigenvalue weighted by Crippen LogP contribution is 2.21. The topological polar surface area (TPSA) is 66.4 Å². The number of aromatic carboxylic acids is 1. The summed E-state index contributed by atoms with van der Waals surface area (Å²) in [6.45, 7) is 0. The standard InChI is InChI=1S/C14H8ClF2NO3/c15-10-6-12(17)11(16)5-9(10)13(19)18-8-3-1-2-7(4-8)14(20)21/h1-6H,(H,18,19)(H,20,21). The third-order valence-electron chi connectivity index (χ3n) is 2.62. The van der Waals surface area contributed by atoms with Crippen LogP contribution in [0, 0.1) is 11.6 Å². The Morgan fingerprint density at radius 1 is 1.10 bits per heavy atom. The third kappa shape index (κ3) is 3.35. The number of hydrogen-bond acceptors (Lipinski definition) is 2. The maximum atomic E-state index is 13.1. The molecule has 0 atom stereocenters. The maximum absolute atomic E-state index is 13.1. The summed E-state index contributed by atoms with van der Waals surface area (Å²) in [7, 11) is 0. The number of carboxylic acid groups (broad SMARTS) is 1. The average Bonchev–Trinajstić information content (AvgIpc) is 2.43. The van der Waals surface area contributed by atoms with E-state index < -0.39 is 23.5 Å². The van der Waals surface area contributed by atoms with Crippen LogP contribution in [-0.2, 0) is 0 Å². The van der Waals surface area contributed by atoms with Crippen molar-refractivity contribution in [3.63, 3.8) is 0 Å². The van der Waals surface area contributed by atoms with Gasteiger partial charge in [0.2, 0.25) is 0 Å². The molecule has 0 aliphatic carbocycles. The zero-order valence-corrected chi connectivity index (χ0v) is 11.1. The second-order valence-corrected chi connectivity index (χ2v) is 4.49. The summed E-state index contributed by atoms with van der Waals surface area (Å²) in [5, 5.41) is 11.0. The normalized spacial score (nSPS) is 10.2. The zero-order valence-electron chi connectivity index (χ0n) is 10.4. The highest BCUT2D eigenvalue weighted by atomic mass is 35.5. The molecule has 0 aromatic heterocycles. The molecule has 0 bridgehead atoms. The molecule has 4 nitrogen and oxygen atoms in total.